The number of ether oxygens (including phenoxy) is 1. The summed E-state index contributed by atoms with van der Waals surface area (Å²) in [4.78, 5) is 12.0. The van der Waals surface area contributed by atoms with E-state index >= 15 is 0 Å². The number of aryl methyl sites for hydroxylation is 1. The summed E-state index contributed by atoms with van der Waals surface area (Å²) in [5.74, 6) is -0.868. The SMILES string of the molecule is COc1ccc(-n2nc(CC(C(=O)O)c3ccc(Cl)cc3)cc2-c2ccc(C)cc2)cc1. The van der Waals surface area contributed by atoms with Gasteiger partial charge in [0, 0.05) is 17.0 Å². The maximum atomic E-state index is 12.0. The first-order valence-electron chi connectivity index (χ1n) is 10.2. The minimum absolute atomic E-state index is 0.263. The molecule has 0 bridgehead atoms. The summed E-state index contributed by atoms with van der Waals surface area (Å²) in [6.45, 7) is 2.04. The van der Waals surface area contributed by atoms with Crippen LogP contribution in [0.3, 0.4) is 0 Å². The summed E-state index contributed by atoms with van der Waals surface area (Å²) in [5.41, 5.74) is 5.31. The Morgan fingerprint density at radius 1 is 1.03 bits per heavy atom. The standard InChI is InChI=1S/C26H23ClN2O3/c1-17-3-5-19(6-4-17)25-16-21(28-29(25)22-11-13-23(32-2)14-12-22)15-24(26(30)31)18-7-9-20(27)10-8-18/h3-14,16,24H,15H2,1-2H3,(H,30,31). The van der Waals surface area contributed by atoms with E-state index in [4.69, 9.17) is 21.4 Å². The van der Waals surface area contributed by atoms with Gasteiger partial charge in [0.25, 0.3) is 0 Å². The largest absolute Gasteiger partial charge is 0.497 e. The molecular weight excluding hydrogens is 424 g/mol. The number of carboxylic acids is 1. The third kappa shape index (κ3) is 4.68. The minimum atomic E-state index is -0.900. The second-order valence-corrected chi connectivity index (χ2v) is 8.08. The molecule has 0 radical (unpaired) electrons. The fourth-order valence-corrected chi connectivity index (χ4v) is 3.76. The molecule has 0 saturated carbocycles. The third-order valence-corrected chi connectivity index (χ3v) is 5.66. The highest BCUT2D eigenvalue weighted by Crippen LogP contribution is 2.29. The summed E-state index contributed by atoms with van der Waals surface area (Å²) < 4.78 is 7.12. The van der Waals surface area contributed by atoms with Gasteiger partial charge in [0.1, 0.15) is 5.75 Å². The lowest BCUT2D eigenvalue weighted by atomic mass is 9.94. The molecule has 1 heterocycles. The molecule has 0 amide bonds. The molecule has 0 fully saturated rings. The van der Waals surface area contributed by atoms with E-state index in [0.717, 1.165) is 28.3 Å². The number of halogens is 1. The van der Waals surface area contributed by atoms with Crippen LogP contribution in [-0.4, -0.2) is 28.0 Å². The highest BCUT2D eigenvalue weighted by atomic mass is 35.5. The fraction of sp³-hybridized carbons (Fsp3) is 0.154. The van der Waals surface area contributed by atoms with Crippen molar-refractivity contribution < 1.29 is 14.6 Å². The highest BCUT2D eigenvalue weighted by Gasteiger charge is 2.23. The topological polar surface area (TPSA) is 64.4 Å². The van der Waals surface area contributed by atoms with Crippen molar-refractivity contribution in [2.45, 2.75) is 19.3 Å². The molecule has 4 aromatic rings. The van der Waals surface area contributed by atoms with E-state index in [1.165, 1.54) is 0 Å². The first-order chi connectivity index (χ1) is 15.4. The van der Waals surface area contributed by atoms with Crippen LogP contribution in [0.4, 0.5) is 0 Å². The van der Waals surface area contributed by atoms with E-state index in [1.54, 1.807) is 31.4 Å². The van der Waals surface area contributed by atoms with Crippen LogP contribution in [0.2, 0.25) is 5.02 Å². The van der Waals surface area contributed by atoms with Crippen LogP contribution in [0, 0.1) is 6.92 Å². The number of hydrogen-bond donors (Lipinski definition) is 1. The van der Waals surface area contributed by atoms with E-state index in [2.05, 4.69) is 0 Å². The fourth-order valence-electron chi connectivity index (χ4n) is 3.63. The molecule has 3 aromatic carbocycles. The normalized spacial score (nSPS) is 11.8. The number of hydrogen-bond acceptors (Lipinski definition) is 3. The third-order valence-electron chi connectivity index (χ3n) is 5.41. The number of aliphatic carboxylic acids is 1. The minimum Gasteiger partial charge on any atom is -0.497 e. The highest BCUT2D eigenvalue weighted by molar-refractivity contribution is 6.30. The van der Waals surface area contributed by atoms with Crippen LogP contribution >= 0.6 is 11.6 Å². The van der Waals surface area contributed by atoms with Gasteiger partial charge in [-0.1, -0.05) is 53.6 Å². The van der Waals surface area contributed by atoms with Gasteiger partial charge in [0.15, 0.2) is 0 Å². The smallest absolute Gasteiger partial charge is 0.311 e. The molecule has 32 heavy (non-hydrogen) atoms. The van der Waals surface area contributed by atoms with Crippen molar-refractivity contribution in [3.63, 3.8) is 0 Å². The molecule has 5 nitrogen and oxygen atoms in total. The maximum absolute atomic E-state index is 12.0. The molecule has 0 aliphatic heterocycles. The summed E-state index contributed by atoms with van der Waals surface area (Å²) in [7, 11) is 1.63. The van der Waals surface area contributed by atoms with E-state index in [-0.39, 0.29) is 6.42 Å². The Morgan fingerprint density at radius 3 is 2.28 bits per heavy atom. The van der Waals surface area contributed by atoms with Gasteiger partial charge >= 0.3 is 5.97 Å². The first kappa shape index (κ1) is 21.7. The summed E-state index contributed by atoms with van der Waals surface area (Å²) in [6, 6.07) is 24.7. The van der Waals surface area contributed by atoms with Gasteiger partial charge in [-0.3, -0.25) is 4.79 Å². The molecule has 1 N–H and O–H groups in total. The Labute approximate surface area is 191 Å². The van der Waals surface area contributed by atoms with Crippen LogP contribution in [0.25, 0.3) is 16.9 Å². The molecule has 1 unspecified atom stereocenters. The van der Waals surface area contributed by atoms with Crippen LogP contribution < -0.4 is 4.74 Å². The number of methoxy groups -OCH3 is 1. The molecule has 1 atom stereocenters. The maximum Gasteiger partial charge on any atom is 0.311 e. The molecular formula is C26H23ClN2O3. The molecule has 0 aliphatic rings. The Kier molecular flexibility index (Phi) is 6.28. The Bertz CT molecular complexity index is 1210. The molecule has 4 rings (SSSR count). The lowest BCUT2D eigenvalue weighted by Crippen LogP contribution is -2.15. The zero-order valence-electron chi connectivity index (χ0n) is 17.8. The van der Waals surface area contributed by atoms with E-state index < -0.39 is 11.9 Å². The van der Waals surface area contributed by atoms with Crippen molar-refractivity contribution in [1.29, 1.82) is 0 Å². The number of aromatic nitrogens is 2. The predicted molar refractivity (Wildman–Crippen MR) is 126 cm³/mol. The Hall–Kier alpha value is -3.57. The molecule has 0 spiro atoms. The van der Waals surface area contributed by atoms with Crippen LogP contribution in [0.5, 0.6) is 5.75 Å². The second kappa shape index (κ2) is 9.28. The van der Waals surface area contributed by atoms with Crippen LogP contribution in [-0.2, 0) is 11.2 Å². The Balaban J connectivity index is 1.76. The van der Waals surface area contributed by atoms with Crippen molar-refractivity contribution in [2.24, 2.45) is 0 Å². The number of benzene rings is 3. The number of nitrogens with zero attached hydrogens (tertiary/aromatic N) is 2. The van der Waals surface area contributed by atoms with E-state index in [9.17, 15) is 9.90 Å². The van der Waals surface area contributed by atoms with Crippen LogP contribution in [0.1, 0.15) is 22.7 Å². The van der Waals surface area contributed by atoms with Gasteiger partial charge in [0.2, 0.25) is 0 Å². The monoisotopic (exact) mass is 446 g/mol. The van der Waals surface area contributed by atoms with Gasteiger partial charge in [0.05, 0.1) is 30.1 Å². The molecule has 0 aliphatic carbocycles. The van der Waals surface area contributed by atoms with Gasteiger partial charge < -0.3 is 9.84 Å². The van der Waals surface area contributed by atoms with Gasteiger partial charge in [-0.05, 0) is 55.0 Å². The molecule has 1 aromatic heterocycles. The van der Waals surface area contributed by atoms with Crippen molar-refractivity contribution in [1.82, 2.24) is 9.78 Å². The lowest BCUT2D eigenvalue weighted by molar-refractivity contribution is -0.138. The summed E-state index contributed by atoms with van der Waals surface area (Å²) >= 11 is 5.98. The second-order valence-electron chi connectivity index (χ2n) is 7.64. The quantitative estimate of drug-likeness (QED) is 0.382. The van der Waals surface area contributed by atoms with E-state index in [1.807, 2.05) is 66.2 Å². The Morgan fingerprint density at radius 2 is 1.69 bits per heavy atom. The average Bonchev–Trinajstić information content (AvgIpc) is 3.22. The van der Waals surface area contributed by atoms with Crippen molar-refractivity contribution in [2.75, 3.05) is 7.11 Å². The average molecular weight is 447 g/mol. The number of rotatable bonds is 7. The zero-order chi connectivity index (χ0) is 22.7. The predicted octanol–water partition coefficient (Wildman–Crippen LogP) is 5.92. The van der Waals surface area contributed by atoms with Crippen molar-refractivity contribution in [3.8, 4) is 22.7 Å². The van der Waals surface area contributed by atoms with E-state index in [0.29, 0.717) is 16.3 Å². The first-order valence-corrected chi connectivity index (χ1v) is 10.6. The summed E-state index contributed by atoms with van der Waals surface area (Å²) in [5, 5.41) is 15.2. The zero-order valence-corrected chi connectivity index (χ0v) is 18.6. The van der Waals surface area contributed by atoms with Gasteiger partial charge in [-0.25, -0.2) is 4.68 Å². The van der Waals surface area contributed by atoms with Crippen LogP contribution in [0.15, 0.2) is 78.9 Å². The lowest BCUT2D eigenvalue weighted by Gasteiger charge is -2.11. The van der Waals surface area contributed by atoms with Gasteiger partial charge in [-0.15, -0.1) is 0 Å². The molecule has 6 heteroatoms. The van der Waals surface area contributed by atoms with Crippen molar-refractivity contribution in [3.05, 3.63) is 101 Å². The number of carbonyl (C=O) groups is 1. The molecule has 0 saturated heterocycles. The number of carboxylic acid groups (broad SMARTS) is 1. The van der Waals surface area contributed by atoms with Crippen molar-refractivity contribution >= 4 is 17.6 Å². The molecule has 162 valence electrons. The summed E-state index contributed by atoms with van der Waals surface area (Å²) in [6.07, 6.45) is 0.263. The van der Waals surface area contributed by atoms with Gasteiger partial charge in [-0.2, -0.15) is 5.10 Å².